The summed E-state index contributed by atoms with van der Waals surface area (Å²) < 4.78 is 0. The van der Waals surface area contributed by atoms with E-state index < -0.39 is 0 Å². The van der Waals surface area contributed by atoms with E-state index in [0.717, 1.165) is 12.8 Å². The number of alkyl halides is 2. The lowest BCUT2D eigenvalue weighted by Gasteiger charge is -2.34. The zero-order valence-electron chi connectivity index (χ0n) is 6.73. The van der Waals surface area contributed by atoms with Gasteiger partial charge in [0.05, 0.1) is 10.8 Å². The first kappa shape index (κ1) is 9.34. The van der Waals surface area contributed by atoms with Crippen LogP contribution in [0.1, 0.15) is 26.7 Å². The van der Waals surface area contributed by atoms with Gasteiger partial charge in [-0.1, -0.05) is 13.8 Å². The van der Waals surface area contributed by atoms with Crippen LogP contribution in [0.2, 0.25) is 0 Å². The maximum Gasteiger partial charge on any atom is 0.168 e. The fraction of sp³-hybridized carbons (Fsp3) is 0.875. The molecule has 0 aromatic heterocycles. The molecule has 0 amide bonds. The van der Waals surface area contributed by atoms with Crippen LogP contribution < -0.4 is 0 Å². The van der Waals surface area contributed by atoms with E-state index in [0.29, 0.717) is 0 Å². The number of Topliss-reactive ketones (excluding diaryl/α,β-unsaturated/α-hetero) is 1. The molecule has 0 aliphatic heterocycles. The standard InChI is InChI=1S/C8H12Cl2O/c1-8(2)3-5(9)7(11)6(10)4-8/h5-6H,3-4H2,1-2H3/t5-,6-/m0/s1. The third kappa shape index (κ3) is 2.09. The van der Waals surface area contributed by atoms with Gasteiger partial charge >= 0.3 is 0 Å². The van der Waals surface area contributed by atoms with Crippen molar-refractivity contribution in [2.45, 2.75) is 37.4 Å². The third-order valence-corrected chi connectivity index (χ3v) is 2.82. The van der Waals surface area contributed by atoms with Gasteiger partial charge in [0.25, 0.3) is 0 Å². The van der Waals surface area contributed by atoms with Crippen LogP contribution in [0.15, 0.2) is 0 Å². The molecule has 0 aromatic carbocycles. The van der Waals surface area contributed by atoms with Gasteiger partial charge in [-0.2, -0.15) is 0 Å². The molecular weight excluding hydrogens is 183 g/mol. The first-order valence-corrected chi connectivity index (χ1v) is 4.61. The highest BCUT2D eigenvalue weighted by atomic mass is 35.5. The van der Waals surface area contributed by atoms with Gasteiger partial charge in [0.2, 0.25) is 0 Å². The summed E-state index contributed by atoms with van der Waals surface area (Å²) in [7, 11) is 0. The molecule has 0 radical (unpaired) electrons. The fourth-order valence-corrected chi connectivity index (χ4v) is 2.66. The molecule has 0 bridgehead atoms. The van der Waals surface area contributed by atoms with Crippen LogP contribution >= 0.6 is 23.2 Å². The van der Waals surface area contributed by atoms with Gasteiger partial charge in [0.1, 0.15) is 0 Å². The highest BCUT2D eigenvalue weighted by Gasteiger charge is 2.38. The molecule has 0 aromatic rings. The predicted molar refractivity (Wildman–Crippen MR) is 47.3 cm³/mol. The number of ketones is 1. The van der Waals surface area contributed by atoms with Crippen LogP contribution in [0.4, 0.5) is 0 Å². The van der Waals surface area contributed by atoms with Crippen LogP contribution in [-0.4, -0.2) is 16.5 Å². The molecule has 64 valence electrons. The Kier molecular flexibility index (Phi) is 2.50. The van der Waals surface area contributed by atoms with Gasteiger partial charge in [0, 0.05) is 0 Å². The molecule has 1 rings (SSSR count). The van der Waals surface area contributed by atoms with Gasteiger partial charge in [-0.15, -0.1) is 23.2 Å². The second-order valence-corrected chi connectivity index (χ2v) is 4.96. The van der Waals surface area contributed by atoms with E-state index in [4.69, 9.17) is 23.2 Å². The summed E-state index contributed by atoms with van der Waals surface area (Å²) >= 11 is 11.6. The Bertz CT molecular complexity index is 161. The minimum absolute atomic E-state index is 0.00680. The van der Waals surface area contributed by atoms with Crippen LogP contribution in [-0.2, 0) is 4.79 Å². The summed E-state index contributed by atoms with van der Waals surface area (Å²) in [5, 5.41) is -0.748. The van der Waals surface area contributed by atoms with Crippen molar-refractivity contribution in [2.24, 2.45) is 5.41 Å². The summed E-state index contributed by atoms with van der Waals surface area (Å²) in [6.45, 7) is 4.18. The summed E-state index contributed by atoms with van der Waals surface area (Å²) in [5.41, 5.74) is 0.118. The van der Waals surface area contributed by atoms with Crippen LogP contribution in [0.3, 0.4) is 0 Å². The van der Waals surface area contributed by atoms with Gasteiger partial charge in [-0.25, -0.2) is 0 Å². The average molecular weight is 195 g/mol. The molecule has 2 atom stereocenters. The topological polar surface area (TPSA) is 17.1 Å². The third-order valence-electron chi connectivity index (χ3n) is 2.08. The van der Waals surface area contributed by atoms with Crippen molar-refractivity contribution in [1.82, 2.24) is 0 Å². The Morgan fingerprint density at radius 2 is 1.64 bits per heavy atom. The Labute approximate surface area is 77.1 Å². The van der Waals surface area contributed by atoms with Crippen LogP contribution in [0.25, 0.3) is 0 Å². The minimum atomic E-state index is -0.374. The zero-order chi connectivity index (χ0) is 8.65. The largest absolute Gasteiger partial charge is 0.296 e. The summed E-state index contributed by atoms with van der Waals surface area (Å²) in [6, 6.07) is 0. The van der Waals surface area contributed by atoms with E-state index in [2.05, 4.69) is 13.8 Å². The molecule has 0 heterocycles. The Morgan fingerprint density at radius 3 is 2.00 bits per heavy atom. The highest BCUT2D eigenvalue weighted by molar-refractivity contribution is 6.40. The Balaban J connectivity index is 2.70. The number of rotatable bonds is 0. The molecule has 0 N–H and O–H groups in total. The van der Waals surface area contributed by atoms with Crippen molar-refractivity contribution < 1.29 is 4.79 Å². The number of carbonyl (C=O) groups is 1. The van der Waals surface area contributed by atoms with E-state index in [1.165, 1.54) is 0 Å². The molecule has 1 nitrogen and oxygen atoms in total. The van der Waals surface area contributed by atoms with Gasteiger partial charge in [-0.3, -0.25) is 4.79 Å². The van der Waals surface area contributed by atoms with Gasteiger partial charge in [0.15, 0.2) is 5.78 Å². The van der Waals surface area contributed by atoms with Crippen LogP contribution in [0, 0.1) is 5.41 Å². The lowest BCUT2D eigenvalue weighted by atomic mass is 9.76. The van der Waals surface area contributed by atoms with E-state index in [-0.39, 0.29) is 22.0 Å². The normalized spacial score (nSPS) is 37.3. The van der Waals surface area contributed by atoms with Crippen LogP contribution in [0.5, 0.6) is 0 Å². The molecule has 1 aliphatic carbocycles. The molecule has 3 heteroatoms. The Hall–Kier alpha value is 0.250. The van der Waals surface area contributed by atoms with Crippen molar-refractivity contribution in [2.75, 3.05) is 0 Å². The Morgan fingerprint density at radius 1 is 1.27 bits per heavy atom. The summed E-state index contributed by atoms with van der Waals surface area (Å²) in [6.07, 6.45) is 1.49. The maximum atomic E-state index is 11.1. The summed E-state index contributed by atoms with van der Waals surface area (Å²) in [5.74, 6) is -0.00680. The molecule has 11 heavy (non-hydrogen) atoms. The second-order valence-electron chi connectivity index (χ2n) is 3.91. The maximum absolute atomic E-state index is 11.1. The van der Waals surface area contributed by atoms with Gasteiger partial charge < -0.3 is 0 Å². The lowest BCUT2D eigenvalue weighted by molar-refractivity contribution is -0.121. The average Bonchev–Trinajstić information content (AvgIpc) is 1.81. The van der Waals surface area contributed by atoms with Crippen molar-refractivity contribution in [3.63, 3.8) is 0 Å². The molecule has 0 saturated heterocycles. The SMILES string of the molecule is CC1(C)C[C@H](Cl)C(=O)[C@@H](Cl)C1. The van der Waals surface area contributed by atoms with Gasteiger partial charge in [-0.05, 0) is 18.3 Å². The van der Waals surface area contributed by atoms with Crippen molar-refractivity contribution in [3.8, 4) is 0 Å². The molecule has 0 unspecified atom stereocenters. The second kappa shape index (κ2) is 2.95. The van der Waals surface area contributed by atoms with Crippen molar-refractivity contribution in [1.29, 1.82) is 0 Å². The van der Waals surface area contributed by atoms with E-state index in [9.17, 15) is 4.79 Å². The quantitative estimate of drug-likeness (QED) is 0.543. The monoisotopic (exact) mass is 194 g/mol. The number of hydrogen-bond acceptors (Lipinski definition) is 1. The summed E-state index contributed by atoms with van der Waals surface area (Å²) in [4.78, 5) is 11.1. The lowest BCUT2D eigenvalue weighted by Crippen LogP contribution is -2.38. The molecule has 1 fully saturated rings. The zero-order valence-corrected chi connectivity index (χ0v) is 8.24. The molecule has 0 spiro atoms. The minimum Gasteiger partial charge on any atom is -0.296 e. The van der Waals surface area contributed by atoms with E-state index >= 15 is 0 Å². The number of carbonyl (C=O) groups excluding carboxylic acids is 1. The first-order valence-electron chi connectivity index (χ1n) is 3.74. The van der Waals surface area contributed by atoms with Crippen molar-refractivity contribution >= 4 is 29.0 Å². The first-order chi connectivity index (χ1) is 4.92. The number of halogens is 2. The van der Waals surface area contributed by atoms with Crippen molar-refractivity contribution in [3.05, 3.63) is 0 Å². The van der Waals surface area contributed by atoms with E-state index in [1.807, 2.05) is 0 Å². The molecular formula is C8H12Cl2O. The number of hydrogen-bond donors (Lipinski definition) is 0. The fourth-order valence-electron chi connectivity index (χ4n) is 1.45. The molecule has 1 aliphatic rings. The predicted octanol–water partition coefficient (Wildman–Crippen LogP) is 2.59. The molecule has 1 saturated carbocycles. The van der Waals surface area contributed by atoms with E-state index in [1.54, 1.807) is 0 Å². The smallest absolute Gasteiger partial charge is 0.168 e. The highest BCUT2D eigenvalue weighted by Crippen LogP contribution is 2.37.